The predicted octanol–water partition coefficient (Wildman–Crippen LogP) is 1.02. The molecule has 1 aromatic rings. The molecule has 2 aliphatic heterocycles. The van der Waals surface area contributed by atoms with Crippen LogP contribution in [0.5, 0.6) is 0 Å². The van der Waals surface area contributed by atoms with Crippen LogP contribution < -0.4 is 11.0 Å². The number of amides is 1. The highest BCUT2D eigenvalue weighted by Gasteiger charge is 2.25. The van der Waals surface area contributed by atoms with E-state index in [0.717, 1.165) is 36.1 Å². The molecule has 0 unspecified atom stereocenters. The Kier molecular flexibility index (Phi) is 5.03. The summed E-state index contributed by atoms with van der Waals surface area (Å²) in [5.74, 6) is -0.0422. The number of carbonyl (C=O) groups is 1. The van der Waals surface area contributed by atoms with Crippen LogP contribution in [0.25, 0.3) is 0 Å². The number of aliphatic imine (C=N–C) groups is 1. The largest absolute Gasteiger partial charge is 0.354 e. The van der Waals surface area contributed by atoms with Crippen LogP contribution in [0.4, 0.5) is 0 Å². The molecular weight excluding hydrogens is 326 g/mol. The van der Waals surface area contributed by atoms with E-state index in [2.05, 4.69) is 20.2 Å². The van der Waals surface area contributed by atoms with Crippen molar-refractivity contribution >= 4 is 22.8 Å². The van der Waals surface area contributed by atoms with Crippen LogP contribution >= 0.6 is 11.8 Å². The standard InChI is InChI=1S/C16H21N5O2S/c1-11-8-12(2)20(15(23)19-11)7-5-17-14(22)9-13-10-24-16-18-4-3-6-21(13)16/h8,10H,3-7,9H2,1-2H3,(H,17,22). The zero-order valence-corrected chi connectivity index (χ0v) is 14.7. The number of aromatic nitrogens is 2. The first-order chi connectivity index (χ1) is 11.5. The average Bonchev–Trinajstić information content (AvgIpc) is 2.93. The number of thioether (sulfide) groups is 1. The summed E-state index contributed by atoms with van der Waals surface area (Å²) in [6.07, 6.45) is 1.36. The van der Waals surface area contributed by atoms with Gasteiger partial charge in [-0.1, -0.05) is 11.8 Å². The molecule has 1 N–H and O–H groups in total. The van der Waals surface area contributed by atoms with Gasteiger partial charge < -0.3 is 10.2 Å². The Hall–Kier alpha value is -2.09. The minimum atomic E-state index is -0.272. The minimum Gasteiger partial charge on any atom is -0.354 e. The summed E-state index contributed by atoms with van der Waals surface area (Å²) < 4.78 is 1.58. The van der Waals surface area contributed by atoms with E-state index in [1.807, 2.05) is 18.4 Å². The molecule has 3 rings (SSSR count). The van der Waals surface area contributed by atoms with Crippen molar-refractivity contribution in [3.63, 3.8) is 0 Å². The Morgan fingerprint density at radius 2 is 2.25 bits per heavy atom. The van der Waals surface area contributed by atoms with E-state index in [4.69, 9.17) is 0 Å². The lowest BCUT2D eigenvalue weighted by Gasteiger charge is -2.25. The molecule has 8 heteroatoms. The summed E-state index contributed by atoms with van der Waals surface area (Å²) in [5.41, 5.74) is 2.29. The number of hydrogen-bond acceptors (Lipinski definition) is 6. The van der Waals surface area contributed by atoms with Crippen LogP contribution in [-0.2, 0) is 11.3 Å². The summed E-state index contributed by atoms with van der Waals surface area (Å²) in [5, 5.41) is 5.88. The Labute approximate surface area is 144 Å². The number of hydrogen-bond donors (Lipinski definition) is 1. The predicted molar refractivity (Wildman–Crippen MR) is 94.9 cm³/mol. The van der Waals surface area contributed by atoms with Gasteiger partial charge in [-0.25, -0.2) is 4.79 Å². The van der Waals surface area contributed by atoms with E-state index in [1.54, 1.807) is 23.3 Å². The number of nitrogens with zero attached hydrogens (tertiary/aromatic N) is 4. The second kappa shape index (κ2) is 7.21. The smallest absolute Gasteiger partial charge is 0.348 e. The molecule has 0 saturated heterocycles. The van der Waals surface area contributed by atoms with Gasteiger partial charge in [0.2, 0.25) is 5.91 Å². The molecule has 0 radical (unpaired) electrons. The van der Waals surface area contributed by atoms with Gasteiger partial charge in [0, 0.05) is 43.3 Å². The van der Waals surface area contributed by atoms with Crippen molar-refractivity contribution in [2.75, 3.05) is 19.6 Å². The first-order valence-corrected chi connectivity index (χ1v) is 8.92. The molecule has 0 fully saturated rings. The second-order valence-corrected chi connectivity index (χ2v) is 6.73. The quantitative estimate of drug-likeness (QED) is 0.860. The third-order valence-electron chi connectivity index (χ3n) is 4.01. The van der Waals surface area contributed by atoms with Gasteiger partial charge >= 0.3 is 5.69 Å². The molecule has 128 valence electrons. The molecule has 3 heterocycles. The van der Waals surface area contributed by atoms with Crippen molar-refractivity contribution in [3.8, 4) is 0 Å². The van der Waals surface area contributed by atoms with E-state index in [9.17, 15) is 9.59 Å². The summed E-state index contributed by atoms with van der Waals surface area (Å²) in [4.78, 5) is 34.5. The van der Waals surface area contributed by atoms with Crippen molar-refractivity contribution in [1.29, 1.82) is 0 Å². The van der Waals surface area contributed by atoms with E-state index >= 15 is 0 Å². The fraction of sp³-hybridized carbons (Fsp3) is 0.500. The Morgan fingerprint density at radius 1 is 1.42 bits per heavy atom. The van der Waals surface area contributed by atoms with Crippen molar-refractivity contribution in [1.82, 2.24) is 19.8 Å². The third kappa shape index (κ3) is 3.69. The molecule has 0 aliphatic carbocycles. The molecule has 1 amide bonds. The molecule has 1 aromatic heterocycles. The first kappa shape index (κ1) is 16.8. The number of fused-ring (bicyclic) bond motifs is 1. The zero-order chi connectivity index (χ0) is 17.1. The van der Waals surface area contributed by atoms with Gasteiger partial charge in [0.15, 0.2) is 5.17 Å². The molecule has 0 saturated carbocycles. The third-order valence-corrected chi connectivity index (χ3v) is 4.96. The molecule has 0 bridgehead atoms. The number of aryl methyl sites for hydroxylation is 2. The van der Waals surface area contributed by atoms with Crippen LogP contribution in [0, 0.1) is 13.8 Å². The van der Waals surface area contributed by atoms with Crippen LogP contribution in [-0.4, -0.2) is 45.2 Å². The van der Waals surface area contributed by atoms with E-state index < -0.39 is 0 Å². The van der Waals surface area contributed by atoms with Crippen molar-refractivity contribution in [2.24, 2.45) is 4.99 Å². The highest BCUT2D eigenvalue weighted by Crippen LogP contribution is 2.30. The number of carbonyl (C=O) groups excluding carboxylic acids is 1. The van der Waals surface area contributed by atoms with Gasteiger partial charge in [-0.2, -0.15) is 4.98 Å². The van der Waals surface area contributed by atoms with Gasteiger partial charge in [0.25, 0.3) is 0 Å². The summed E-state index contributed by atoms with van der Waals surface area (Å²) in [7, 11) is 0. The number of rotatable bonds is 5. The maximum Gasteiger partial charge on any atom is 0.348 e. The summed E-state index contributed by atoms with van der Waals surface area (Å²) in [6.45, 7) is 6.29. The number of amidine groups is 1. The van der Waals surface area contributed by atoms with Gasteiger partial charge in [-0.15, -0.1) is 0 Å². The number of nitrogens with one attached hydrogen (secondary N) is 1. The summed E-state index contributed by atoms with van der Waals surface area (Å²) >= 11 is 1.58. The Morgan fingerprint density at radius 3 is 3.04 bits per heavy atom. The van der Waals surface area contributed by atoms with Gasteiger partial charge in [-0.05, 0) is 31.7 Å². The maximum atomic E-state index is 12.2. The lowest BCUT2D eigenvalue weighted by molar-refractivity contribution is -0.120. The normalized spacial score (nSPS) is 16.5. The van der Waals surface area contributed by atoms with Gasteiger partial charge in [0.1, 0.15) is 0 Å². The average molecular weight is 347 g/mol. The fourth-order valence-electron chi connectivity index (χ4n) is 2.85. The lowest BCUT2D eigenvalue weighted by atomic mass is 10.2. The Balaban J connectivity index is 1.51. The van der Waals surface area contributed by atoms with Gasteiger partial charge in [0.05, 0.1) is 6.42 Å². The van der Waals surface area contributed by atoms with E-state index in [-0.39, 0.29) is 11.6 Å². The highest BCUT2D eigenvalue weighted by atomic mass is 32.2. The first-order valence-electron chi connectivity index (χ1n) is 8.04. The highest BCUT2D eigenvalue weighted by molar-refractivity contribution is 8.16. The monoisotopic (exact) mass is 347 g/mol. The van der Waals surface area contributed by atoms with Crippen molar-refractivity contribution in [2.45, 2.75) is 33.2 Å². The van der Waals surface area contributed by atoms with Crippen LogP contribution in [0.1, 0.15) is 24.2 Å². The zero-order valence-electron chi connectivity index (χ0n) is 13.9. The maximum absolute atomic E-state index is 12.2. The minimum absolute atomic E-state index is 0.0422. The molecule has 2 aliphatic rings. The fourth-order valence-corrected chi connectivity index (χ4v) is 3.81. The molecule has 7 nitrogen and oxygen atoms in total. The topological polar surface area (TPSA) is 79.6 Å². The van der Waals surface area contributed by atoms with Crippen LogP contribution in [0.15, 0.2) is 27.0 Å². The molecule has 24 heavy (non-hydrogen) atoms. The SMILES string of the molecule is Cc1cc(C)n(CCNC(=O)CC2=CSC3=NCCCN23)c(=O)n1. The van der Waals surface area contributed by atoms with E-state index in [1.165, 1.54) is 0 Å². The van der Waals surface area contributed by atoms with Crippen molar-refractivity contribution < 1.29 is 4.79 Å². The van der Waals surface area contributed by atoms with Crippen LogP contribution in [0.3, 0.4) is 0 Å². The molecular formula is C16H21N5O2S. The molecule has 0 aromatic carbocycles. The second-order valence-electron chi connectivity index (χ2n) is 5.90. The van der Waals surface area contributed by atoms with Crippen molar-refractivity contribution in [3.05, 3.63) is 39.0 Å². The van der Waals surface area contributed by atoms with Gasteiger partial charge in [-0.3, -0.25) is 14.4 Å². The molecule has 0 spiro atoms. The Bertz CT molecular complexity index is 768. The van der Waals surface area contributed by atoms with E-state index in [0.29, 0.717) is 25.2 Å². The lowest BCUT2D eigenvalue weighted by Crippen LogP contribution is -2.35. The summed E-state index contributed by atoms with van der Waals surface area (Å²) in [6, 6.07) is 1.86. The molecule has 0 atom stereocenters. The van der Waals surface area contributed by atoms with Crippen LogP contribution in [0.2, 0.25) is 0 Å².